The van der Waals surface area contributed by atoms with Gasteiger partial charge in [0.25, 0.3) is 0 Å². The lowest BCUT2D eigenvalue weighted by molar-refractivity contribution is -0.130. The number of hydrogen-bond acceptors (Lipinski definition) is 6. The van der Waals surface area contributed by atoms with Crippen molar-refractivity contribution in [3.05, 3.63) is 23.8 Å². The Morgan fingerprint density at radius 2 is 2.19 bits per heavy atom. The van der Waals surface area contributed by atoms with Gasteiger partial charge in [0, 0.05) is 32.8 Å². The monoisotopic (exact) mass is 374 g/mol. The van der Waals surface area contributed by atoms with Gasteiger partial charge < -0.3 is 4.90 Å². The van der Waals surface area contributed by atoms with Gasteiger partial charge in [-0.2, -0.15) is 5.10 Å². The van der Waals surface area contributed by atoms with Crippen LogP contribution in [0.15, 0.2) is 12.4 Å². The van der Waals surface area contributed by atoms with Crippen LogP contribution in [0.4, 0.5) is 0 Å². The Morgan fingerprint density at radius 1 is 1.37 bits per heavy atom. The minimum atomic E-state index is 0.151. The minimum absolute atomic E-state index is 0.151. The van der Waals surface area contributed by atoms with Crippen molar-refractivity contribution in [1.29, 1.82) is 0 Å². The summed E-state index contributed by atoms with van der Waals surface area (Å²) >= 11 is 0. The number of H-pyrrole nitrogens is 1. The van der Waals surface area contributed by atoms with Crippen molar-refractivity contribution in [3.8, 4) is 0 Å². The number of carbonyl (C=O) groups is 1. The van der Waals surface area contributed by atoms with E-state index in [2.05, 4.69) is 37.5 Å². The molecule has 0 radical (unpaired) electrons. The fourth-order valence-electron chi connectivity index (χ4n) is 3.34. The van der Waals surface area contributed by atoms with Crippen LogP contribution in [0.1, 0.15) is 44.0 Å². The summed E-state index contributed by atoms with van der Waals surface area (Å²) in [5, 5.41) is 18.8. The van der Waals surface area contributed by atoms with Gasteiger partial charge in [-0.15, -0.1) is 5.10 Å². The Hall–Kier alpha value is -2.29. The van der Waals surface area contributed by atoms with Crippen molar-refractivity contribution in [3.63, 3.8) is 0 Å². The number of likely N-dealkylation sites (tertiary alicyclic amines) is 1. The highest BCUT2D eigenvalue weighted by Gasteiger charge is 2.18. The van der Waals surface area contributed by atoms with E-state index in [1.165, 1.54) is 12.8 Å². The Morgan fingerprint density at radius 3 is 2.93 bits per heavy atom. The third-order valence-corrected chi connectivity index (χ3v) is 5.32. The van der Waals surface area contributed by atoms with Crippen LogP contribution in [0, 0.1) is 5.92 Å². The van der Waals surface area contributed by atoms with Gasteiger partial charge >= 0.3 is 0 Å². The molecule has 0 aromatic carbocycles. The molecule has 1 fully saturated rings. The third kappa shape index (κ3) is 5.85. The van der Waals surface area contributed by atoms with E-state index in [1.54, 1.807) is 11.1 Å². The van der Waals surface area contributed by atoms with Crippen LogP contribution in [0.25, 0.3) is 0 Å². The van der Waals surface area contributed by atoms with Crippen molar-refractivity contribution in [1.82, 2.24) is 40.2 Å². The van der Waals surface area contributed by atoms with Crippen LogP contribution in [-0.2, 0) is 24.3 Å². The summed E-state index contributed by atoms with van der Waals surface area (Å²) in [6, 6.07) is 0. The van der Waals surface area contributed by atoms with E-state index in [4.69, 9.17) is 0 Å². The lowest BCUT2D eigenvalue weighted by Crippen LogP contribution is -2.33. The second-order valence-electron chi connectivity index (χ2n) is 7.55. The Labute approximate surface area is 160 Å². The summed E-state index contributed by atoms with van der Waals surface area (Å²) in [6.07, 6.45) is 8.18. The number of rotatable bonds is 9. The van der Waals surface area contributed by atoms with Crippen molar-refractivity contribution in [2.45, 2.75) is 52.1 Å². The Balaban J connectivity index is 1.38. The molecule has 1 amide bonds. The summed E-state index contributed by atoms with van der Waals surface area (Å²) in [7, 11) is 1.85. The number of likely N-dealkylation sites (N-methyl/N-ethyl adjacent to an activating group) is 1. The van der Waals surface area contributed by atoms with E-state index in [1.807, 2.05) is 17.9 Å². The van der Waals surface area contributed by atoms with Gasteiger partial charge in [-0.05, 0) is 60.7 Å². The Bertz CT molecular complexity index is 690. The molecule has 1 aliphatic heterocycles. The average Bonchev–Trinajstić information content (AvgIpc) is 3.34. The van der Waals surface area contributed by atoms with Crippen molar-refractivity contribution >= 4 is 5.91 Å². The average molecular weight is 374 g/mol. The number of aromatic amines is 1. The highest BCUT2D eigenvalue weighted by molar-refractivity contribution is 5.75. The zero-order valence-electron chi connectivity index (χ0n) is 16.3. The molecule has 148 valence electrons. The molecule has 1 aliphatic rings. The molecule has 2 aromatic heterocycles. The van der Waals surface area contributed by atoms with E-state index in [-0.39, 0.29) is 5.91 Å². The first kappa shape index (κ1) is 19.5. The molecule has 2 aromatic rings. The number of carbonyl (C=O) groups excluding carboxylic acids is 1. The van der Waals surface area contributed by atoms with Crippen molar-refractivity contribution in [2.75, 3.05) is 26.7 Å². The van der Waals surface area contributed by atoms with Crippen LogP contribution in [0.5, 0.6) is 0 Å². The van der Waals surface area contributed by atoms with Gasteiger partial charge in [-0.25, -0.2) is 4.68 Å². The molecule has 0 unspecified atom stereocenters. The number of amides is 1. The second kappa shape index (κ2) is 9.59. The quantitative estimate of drug-likeness (QED) is 0.706. The van der Waals surface area contributed by atoms with Gasteiger partial charge in [0.15, 0.2) is 5.82 Å². The predicted molar refractivity (Wildman–Crippen MR) is 101 cm³/mol. The predicted octanol–water partition coefficient (Wildman–Crippen LogP) is 1.11. The SMILES string of the molecule is CC1CCN(Cc2nnnn2CCCC(=O)N(C)CCc2cn[nH]c2)CC1. The summed E-state index contributed by atoms with van der Waals surface area (Å²) in [6.45, 7) is 6.68. The highest BCUT2D eigenvalue weighted by Crippen LogP contribution is 2.17. The fraction of sp³-hybridized carbons (Fsp3) is 0.722. The first-order valence-electron chi connectivity index (χ1n) is 9.81. The van der Waals surface area contributed by atoms with Gasteiger partial charge in [0.2, 0.25) is 5.91 Å². The summed E-state index contributed by atoms with van der Waals surface area (Å²) in [4.78, 5) is 16.5. The number of hydrogen-bond donors (Lipinski definition) is 1. The molecule has 0 saturated carbocycles. The molecular formula is C18H30N8O. The zero-order chi connectivity index (χ0) is 19.1. The van der Waals surface area contributed by atoms with E-state index < -0.39 is 0 Å². The van der Waals surface area contributed by atoms with Crippen molar-refractivity contribution in [2.24, 2.45) is 5.92 Å². The normalized spacial score (nSPS) is 15.9. The van der Waals surface area contributed by atoms with Crippen LogP contribution >= 0.6 is 0 Å². The summed E-state index contributed by atoms with van der Waals surface area (Å²) in [5.41, 5.74) is 1.11. The molecular weight excluding hydrogens is 344 g/mol. The standard InChI is InChI=1S/C18H30N8O/c1-15-5-10-25(11-6-15)14-17-21-22-23-26(17)8-3-4-18(27)24(2)9-7-16-12-19-20-13-16/h12-13,15H,3-11,14H2,1-2H3,(H,19,20). The number of nitrogens with zero attached hydrogens (tertiary/aromatic N) is 7. The maximum Gasteiger partial charge on any atom is 0.222 e. The maximum absolute atomic E-state index is 12.3. The van der Waals surface area contributed by atoms with Crippen LogP contribution < -0.4 is 0 Å². The van der Waals surface area contributed by atoms with E-state index >= 15 is 0 Å². The summed E-state index contributed by atoms with van der Waals surface area (Å²) < 4.78 is 1.84. The second-order valence-corrected chi connectivity index (χ2v) is 7.55. The summed E-state index contributed by atoms with van der Waals surface area (Å²) in [5.74, 6) is 1.86. The molecule has 0 aliphatic carbocycles. The highest BCUT2D eigenvalue weighted by atomic mass is 16.2. The van der Waals surface area contributed by atoms with Gasteiger partial charge in [0.05, 0.1) is 12.7 Å². The topological polar surface area (TPSA) is 95.8 Å². The zero-order valence-corrected chi connectivity index (χ0v) is 16.3. The fourth-order valence-corrected chi connectivity index (χ4v) is 3.34. The molecule has 9 heteroatoms. The minimum Gasteiger partial charge on any atom is -0.345 e. The smallest absolute Gasteiger partial charge is 0.222 e. The first-order chi connectivity index (χ1) is 13.1. The van der Waals surface area contributed by atoms with Crippen LogP contribution in [-0.4, -0.2) is 72.8 Å². The van der Waals surface area contributed by atoms with Crippen molar-refractivity contribution < 1.29 is 4.79 Å². The van der Waals surface area contributed by atoms with Gasteiger partial charge in [0.1, 0.15) is 0 Å². The number of tetrazole rings is 1. The molecule has 3 heterocycles. The number of piperidine rings is 1. The maximum atomic E-state index is 12.3. The first-order valence-corrected chi connectivity index (χ1v) is 9.81. The lowest BCUT2D eigenvalue weighted by Gasteiger charge is -2.29. The lowest BCUT2D eigenvalue weighted by atomic mass is 9.99. The molecule has 1 saturated heterocycles. The molecule has 9 nitrogen and oxygen atoms in total. The molecule has 3 rings (SSSR count). The van der Waals surface area contributed by atoms with Crippen LogP contribution in [0.3, 0.4) is 0 Å². The third-order valence-electron chi connectivity index (χ3n) is 5.32. The van der Waals surface area contributed by atoms with E-state index in [0.29, 0.717) is 19.5 Å². The van der Waals surface area contributed by atoms with Crippen LogP contribution in [0.2, 0.25) is 0 Å². The largest absolute Gasteiger partial charge is 0.345 e. The van der Waals surface area contributed by atoms with Gasteiger partial charge in [-0.1, -0.05) is 6.92 Å². The molecule has 0 atom stereocenters. The van der Waals surface area contributed by atoms with Gasteiger partial charge in [-0.3, -0.25) is 14.8 Å². The number of aryl methyl sites for hydroxylation is 1. The van der Waals surface area contributed by atoms with E-state index in [0.717, 1.165) is 49.8 Å². The molecule has 27 heavy (non-hydrogen) atoms. The number of aromatic nitrogens is 6. The Kier molecular flexibility index (Phi) is 6.92. The molecule has 1 N–H and O–H groups in total. The molecule has 0 bridgehead atoms. The van der Waals surface area contributed by atoms with E-state index in [9.17, 15) is 4.79 Å². The number of nitrogens with one attached hydrogen (secondary N) is 1. The molecule has 0 spiro atoms.